The number of halogens is 2. The fourth-order valence-electron chi connectivity index (χ4n) is 1.53. The summed E-state index contributed by atoms with van der Waals surface area (Å²) >= 11 is 0. The highest BCUT2D eigenvalue weighted by atomic mass is 19.3. The van der Waals surface area contributed by atoms with Crippen LogP contribution in [0.25, 0.3) is 0 Å². The molecule has 21 heavy (non-hydrogen) atoms. The summed E-state index contributed by atoms with van der Waals surface area (Å²) in [5.74, 6) is -5.31. The molecule has 116 valence electrons. The Morgan fingerprint density at radius 2 is 1.95 bits per heavy atom. The summed E-state index contributed by atoms with van der Waals surface area (Å²) in [4.78, 5) is 22.1. The SMILES string of the molecule is COc1ccc(CC(=O)NCC(F)(F)C(N)=O)c(OC)c1. The van der Waals surface area contributed by atoms with Crippen LogP contribution < -0.4 is 20.5 Å². The first-order valence-corrected chi connectivity index (χ1v) is 5.95. The molecule has 3 N–H and O–H groups in total. The van der Waals surface area contributed by atoms with Crippen molar-refractivity contribution < 1.29 is 27.8 Å². The van der Waals surface area contributed by atoms with E-state index in [9.17, 15) is 18.4 Å². The molecular weight excluding hydrogens is 286 g/mol. The van der Waals surface area contributed by atoms with E-state index in [0.29, 0.717) is 17.1 Å². The summed E-state index contributed by atoms with van der Waals surface area (Å²) in [6, 6.07) is 4.77. The molecule has 1 aromatic rings. The van der Waals surface area contributed by atoms with E-state index in [1.165, 1.54) is 14.2 Å². The van der Waals surface area contributed by atoms with Crippen molar-refractivity contribution in [1.82, 2.24) is 5.32 Å². The average molecular weight is 302 g/mol. The Hall–Kier alpha value is -2.38. The van der Waals surface area contributed by atoms with Gasteiger partial charge in [0, 0.05) is 11.6 Å². The first-order valence-electron chi connectivity index (χ1n) is 5.95. The molecule has 0 aliphatic rings. The maximum Gasteiger partial charge on any atom is 0.341 e. The number of hydrogen-bond donors (Lipinski definition) is 2. The quantitative estimate of drug-likeness (QED) is 0.766. The summed E-state index contributed by atoms with van der Waals surface area (Å²) in [7, 11) is 2.89. The molecule has 0 bridgehead atoms. The number of rotatable bonds is 7. The van der Waals surface area contributed by atoms with E-state index in [0.717, 1.165) is 0 Å². The lowest BCUT2D eigenvalue weighted by Gasteiger charge is -2.14. The Morgan fingerprint density at radius 3 is 2.48 bits per heavy atom. The Labute approximate surface area is 120 Å². The van der Waals surface area contributed by atoms with Gasteiger partial charge >= 0.3 is 5.92 Å². The number of carbonyl (C=O) groups excluding carboxylic acids is 2. The molecule has 0 spiro atoms. The smallest absolute Gasteiger partial charge is 0.341 e. The van der Waals surface area contributed by atoms with Crippen molar-refractivity contribution >= 4 is 11.8 Å². The highest BCUT2D eigenvalue weighted by molar-refractivity contribution is 5.84. The largest absolute Gasteiger partial charge is 0.497 e. The van der Waals surface area contributed by atoms with Crippen LogP contribution in [0.15, 0.2) is 18.2 Å². The Morgan fingerprint density at radius 1 is 1.29 bits per heavy atom. The van der Waals surface area contributed by atoms with Crippen LogP contribution in [-0.4, -0.2) is 38.5 Å². The van der Waals surface area contributed by atoms with Crippen molar-refractivity contribution in [3.63, 3.8) is 0 Å². The zero-order valence-electron chi connectivity index (χ0n) is 11.6. The molecule has 0 atom stereocenters. The zero-order chi connectivity index (χ0) is 16.0. The molecule has 0 aliphatic heterocycles. The predicted octanol–water partition coefficient (Wildman–Crippen LogP) is 0.483. The van der Waals surface area contributed by atoms with Gasteiger partial charge in [0.15, 0.2) is 0 Å². The predicted molar refractivity (Wildman–Crippen MR) is 70.4 cm³/mol. The first kappa shape index (κ1) is 16.7. The fraction of sp³-hybridized carbons (Fsp3) is 0.385. The summed E-state index contributed by atoms with van der Waals surface area (Å²) in [5.41, 5.74) is 5.01. The number of benzene rings is 1. The normalized spacial score (nSPS) is 10.9. The molecule has 1 rings (SSSR count). The van der Waals surface area contributed by atoms with Crippen molar-refractivity contribution in [2.75, 3.05) is 20.8 Å². The van der Waals surface area contributed by atoms with Gasteiger partial charge in [-0.1, -0.05) is 6.07 Å². The van der Waals surface area contributed by atoms with Crippen LogP contribution in [0.2, 0.25) is 0 Å². The number of amides is 2. The number of methoxy groups -OCH3 is 2. The maximum absolute atomic E-state index is 13.0. The van der Waals surface area contributed by atoms with E-state index < -0.39 is 24.3 Å². The van der Waals surface area contributed by atoms with Crippen molar-refractivity contribution in [2.24, 2.45) is 5.73 Å². The average Bonchev–Trinajstić information content (AvgIpc) is 2.45. The molecule has 0 saturated carbocycles. The van der Waals surface area contributed by atoms with E-state index in [-0.39, 0.29) is 6.42 Å². The summed E-state index contributed by atoms with van der Waals surface area (Å²) in [6.45, 7) is -1.14. The van der Waals surface area contributed by atoms with Gasteiger partial charge in [-0.05, 0) is 6.07 Å². The molecule has 0 heterocycles. The standard InChI is InChI=1S/C13H16F2N2O4/c1-20-9-4-3-8(10(6-9)21-2)5-11(18)17-7-13(14,15)12(16)19/h3-4,6H,5,7H2,1-2H3,(H2,16,19)(H,17,18). The van der Waals surface area contributed by atoms with Gasteiger partial charge in [0.25, 0.3) is 5.91 Å². The van der Waals surface area contributed by atoms with Gasteiger partial charge in [-0.25, -0.2) is 0 Å². The van der Waals surface area contributed by atoms with Crippen LogP contribution in [0.3, 0.4) is 0 Å². The number of alkyl halides is 2. The molecular formula is C13H16F2N2O4. The van der Waals surface area contributed by atoms with Crippen LogP contribution in [0.5, 0.6) is 11.5 Å². The Kier molecular flexibility index (Phi) is 5.45. The Bertz CT molecular complexity index is 535. The van der Waals surface area contributed by atoms with Crippen molar-refractivity contribution in [1.29, 1.82) is 0 Å². The van der Waals surface area contributed by atoms with E-state index in [1.807, 2.05) is 5.32 Å². The highest BCUT2D eigenvalue weighted by Crippen LogP contribution is 2.24. The number of carbonyl (C=O) groups is 2. The van der Waals surface area contributed by atoms with Crippen molar-refractivity contribution in [3.05, 3.63) is 23.8 Å². The molecule has 0 aliphatic carbocycles. The van der Waals surface area contributed by atoms with E-state index in [2.05, 4.69) is 5.73 Å². The third-order valence-electron chi connectivity index (χ3n) is 2.71. The minimum absolute atomic E-state index is 0.179. The van der Waals surface area contributed by atoms with Crippen LogP contribution in [-0.2, 0) is 16.0 Å². The van der Waals surface area contributed by atoms with E-state index in [1.54, 1.807) is 18.2 Å². The van der Waals surface area contributed by atoms with Gasteiger partial charge in [0.2, 0.25) is 5.91 Å². The van der Waals surface area contributed by atoms with Gasteiger partial charge in [-0.3, -0.25) is 9.59 Å². The molecule has 8 heteroatoms. The molecule has 0 unspecified atom stereocenters. The second-order valence-electron chi connectivity index (χ2n) is 4.20. The Balaban J connectivity index is 2.69. The summed E-state index contributed by atoms with van der Waals surface area (Å²) in [6.07, 6.45) is -0.179. The lowest BCUT2D eigenvalue weighted by atomic mass is 10.1. The second-order valence-corrected chi connectivity index (χ2v) is 4.20. The lowest BCUT2D eigenvalue weighted by Crippen LogP contribution is -2.46. The zero-order valence-corrected chi connectivity index (χ0v) is 11.6. The summed E-state index contributed by atoms with van der Waals surface area (Å²) < 4.78 is 36.0. The van der Waals surface area contributed by atoms with Crippen molar-refractivity contribution in [2.45, 2.75) is 12.3 Å². The summed E-state index contributed by atoms with van der Waals surface area (Å²) in [5, 5.41) is 1.96. The first-order chi connectivity index (χ1) is 9.80. The molecule has 0 radical (unpaired) electrons. The number of ether oxygens (including phenoxy) is 2. The molecule has 1 aromatic carbocycles. The molecule has 0 fully saturated rings. The lowest BCUT2D eigenvalue weighted by molar-refractivity contribution is -0.142. The van der Waals surface area contributed by atoms with E-state index in [4.69, 9.17) is 9.47 Å². The minimum atomic E-state index is -3.78. The van der Waals surface area contributed by atoms with Crippen LogP contribution in [0.1, 0.15) is 5.56 Å². The maximum atomic E-state index is 13.0. The van der Waals surface area contributed by atoms with Gasteiger partial charge < -0.3 is 20.5 Å². The number of nitrogens with two attached hydrogens (primary N) is 1. The monoisotopic (exact) mass is 302 g/mol. The third kappa shape index (κ3) is 4.59. The molecule has 6 nitrogen and oxygen atoms in total. The van der Waals surface area contributed by atoms with E-state index >= 15 is 0 Å². The fourth-order valence-corrected chi connectivity index (χ4v) is 1.53. The number of hydrogen-bond acceptors (Lipinski definition) is 4. The van der Waals surface area contributed by atoms with Gasteiger partial charge in [0.05, 0.1) is 27.2 Å². The topological polar surface area (TPSA) is 90.6 Å². The van der Waals surface area contributed by atoms with Crippen LogP contribution >= 0.6 is 0 Å². The molecule has 0 saturated heterocycles. The molecule has 2 amide bonds. The third-order valence-corrected chi connectivity index (χ3v) is 2.71. The number of nitrogens with one attached hydrogen (secondary N) is 1. The number of primary amides is 1. The van der Waals surface area contributed by atoms with Gasteiger partial charge in [0.1, 0.15) is 11.5 Å². The highest BCUT2D eigenvalue weighted by Gasteiger charge is 2.36. The van der Waals surface area contributed by atoms with Crippen molar-refractivity contribution in [3.8, 4) is 11.5 Å². The molecule has 0 aromatic heterocycles. The van der Waals surface area contributed by atoms with Crippen LogP contribution in [0, 0.1) is 0 Å². The van der Waals surface area contributed by atoms with Gasteiger partial charge in [-0.15, -0.1) is 0 Å². The van der Waals surface area contributed by atoms with Gasteiger partial charge in [-0.2, -0.15) is 8.78 Å². The minimum Gasteiger partial charge on any atom is -0.497 e. The second kappa shape index (κ2) is 6.87. The van der Waals surface area contributed by atoms with Crippen LogP contribution in [0.4, 0.5) is 8.78 Å².